The minimum atomic E-state index is -1.10. The van der Waals surface area contributed by atoms with Gasteiger partial charge >= 0.3 is 5.97 Å². The van der Waals surface area contributed by atoms with Crippen molar-refractivity contribution in [2.75, 3.05) is 0 Å². The number of fused-ring (bicyclic) bond motifs is 1. The summed E-state index contributed by atoms with van der Waals surface area (Å²) in [7, 11) is 0. The zero-order valence-electron chi connectivity index (χ0n) is 11.5. The number of allylic oxidation sites excluding steroid dienone is 1. The van der Waals surface area contributed by atoms with Gasteiger partial charge in [0.05, 0.1) is 6.10 Å². The largest absolute Gasteiger partial charge is 0.478 e. The molecule has 2 rings (SSSR count). The molecule has 0 aromatic rings. The van der Waals surface area contributed by atoms with Crippen LogP contribution in [-0.2, 0) is 4.79 Å². The molecule has 4 heteroatoms. The van der Waals surface area contributed by atoms with Gasteiger partial charge in [-0.1, -0.05) is 26.5 Å². The minimum absolute atomic E-state index is 0.00963. The second kappa shape index (κ2) is 4.76. The summed E-state index contributed by atoms with van der Waals surface area (Å²) in [6.45, 7) is 7.74. The summed E-state index contributed by atoms with van der Waals surface area (Å²) in [5.41, 5.74) is 0.609. The van der Waals surface area contributed by atoms with Gasteiger partial charge in [0.25, 0.3) is 0 Å². The van der Waals surface area contributed by atoms with E-state index in [9.17, 15) is 15.0 Å². The van der Waals surface area contributed by atoms with E-state index in [0.29, 0.717) is 12.3 Å². The van der Waals surface area contributed by atoms with Gasteiger partial charge in [0.15, 0.2) is 0 Å². The van der Waals surface area contributed by atoms with E-state index in [-0.39, 0.29) is 11.0 Å². The Balaban J connectivity index is 2.38. The third-order valence-electron chi connectivity index (χ3n) is 5.13. The lowest BCUT2D eigenvalue weighted by molar-refractivity contribution is -0.135. The van der Waals surface area contributed by atoms with E-state index in [1.165, 1.54) is 0 Å². The molecule has 5 unspecified atom stereocenters. The maximum atomic E-state index is 11.1. The number of hydrogen-bond donors (Lipinski definition) is 3. The van der Waals surface area contributed by atoms with Crippen molar-refractivity contribution in [2.45, 2.75) is 45.3 Å². The number of rotatable bonds is 2. The highest BCUT2D eigenvalue weighted by Gasteiger charge is 2.50. The lowest BCUT2D eigenvalue weighted by Gasteiger charge is -2.51. The number of hydrogen-bond acceptors (Lipinski definition) is 3. The molecule has 0 radical (unpaired) electrons. The first-order chi connectivity index (χ1) is 8.79. The maximum absolute atomic E-state index is 11.1. The van der Waals surface area contributed by atoms with Crippen LogP contribution in [0.1, 0.15) is 33.1 Å². The number of aliphatic carboxylic acids is 1. The molecule has 0 saturated heterocycles. The fourth-order valence-electron chi connectivity index (χ4n) is 3.57. The fraction of sp³-hybridized carbons (Fsp3) is 0.667. The van der Waals surface area contributed by atoms with E-state index < -0.39 is 24.1 Å². The summed E-state index contributed by atoms with van der Waals surface area (Å²) >= 11 is 0. The van der Waals surface area contributed by atoms with Crippen LogP contribution in [0.3, 0.4) is 0 Å². The summed E-state index contributed by atoms with van der Waals surface area (Å²) in [4.78, 5) is 11.1. The highest BCUT2D eigenvalue weighted by atomic mass is 16.4. The maximum Gasteiger partial charge on any atom is 0.331 e. The molecule has 0 aromatic heterocycles. The van der Waals surface area contributed by atoms with Gasteiger partial charge < -0.3 is 15.3 Å². The van der Waals surface area contributed by atoms with Gasteiger partial charge in [0, 0.05) is 11.5 Å². The van der Waals surface area contributed by atoms with Crippen LogP contribution in [0.15, 0.2) is 23.8 Å². The third-order valence-corrected chi connectivity index (χ3v) is 5.13. The van der Waals surface area contributed by atoms with Crippen molar-refractivity contribution in [3.8, 4) is 0 Å². The lowest BCUT2D eigenvalue weighted by Crippen LogP contribution is -2.51. The van der Waals surface area contributed by atoms with Gasteiger partial charge in [0.2, 0.25) is 0 Å². The van der Waals surface area contributed by atoms with Crippen LogP contribution in [0, 0.1) is 17.3 Å². The molecule has 4 nitrogen and oxygen atoms in total. The first kappa shape index (κ1) is 14.3. The first-order valence-corrected chi connectivity index (χ1v) is 6.77. The Morgan fingerprint density at radius 2 is 2.11 bits per heavy atom. The average molecular weight is 266 g/mol. The van der Waals surface area contributed by atoms with Crippen molar-refractivity contribution in [2.24, 2.45) is 17.3 Å². The molecule has 0 bridgehead atoms. The number of aliphatic hydroxyl groups excluding tert-OH is 2. The summed E-state index contributed by atoms with van der Waals surface area (Å²) in [5, 5.41) is 29.6. The summed E-state index contributed by atoms with van der Waals surface area (Å²) in [6.07, 6.45) is 2.41. The Morgan fingerprint density at radius 1 is 1.47 bits per heavy atom. The molecule has 2 aliphatic carbocycles. The van der Waals surface area contributed by atoms with Gasteiger partial charge in [-0.05, 0) is 36.2 Å². The van der Waals surface area contributed by atoms with Crippen LogP contribution in [0.2, 0.25) is 0 Å². The molecule has 19 heavy (non-hydrogen) atoms. The summed E-state index contributed by atoms with van der Waals surface area (Å²) < 4.78 is 0. The molecule has 0 aliphatic heterocycles. The Kier molecular flexibility index (Phi) is 3.58. The third kappa shape index (κ3) is 2.13. The van der Waals surface area contributed by atoms with E-state index in [4.69, 9.17) is 5.11 Å². The van der Waals surface area contributed by atoms with Crippen molar-refractivity contribution in [1.82, 2.24) is 0 Å². The van der Waals surface area contributed by atoms with E-state index in [1.807, 2.05) is 6.08 Å². The molecule has 5 atom stereocenters. The topological polar surface area (TPSA) is 77.8 Å². The van der Waals surface area contributed by atoms with Crippen LogP contribution in [0.4, 0.5) is 0 Å². The van der Waals surface area contributed by atoms with Crippen molar-refractivity contribution in [1.29, 1.82) is 0 Å². The molecular formula is C15H22O4. The van der Waals surface area contributed by atoms with Crippen molar-refractivity contribution in [3.63, 3.8) is 0 Å². The Labute approximate surface area is 113 Å². The number of carboxylic acids is 1. The zero-order chi connectivity index (χ0) is 14.4. The van der Waals surface area contributed by atoms with Crippen LogP contribution in [0.25, 0.3) is 0 Å². The number of aliphatic hydroxyl groups is 2. The molecule has 0 spiro atoms. The average Bonchev–Trinajstić information content (AvgIpc) is 2.35. The predicted octanol–water partition coefficient (Wildman–Crippen LogP) is 1.73. The van der Waals surface area contributed by atoms with Gasteiger partial charge in [-0.2, -0.15) is 0 Å². The van der Waals surface area contributed by atoms with E-state index in [2.05, 4.69) is 20.4 Å². The SMILES string of the molecule is C=C(C(=O)O)C1CC2(C)C(=CCCC2C)C(O)C1O. The molecule has 2 aliphatic rings. The van der Waals surface area contributed by atoms with Crippen LogP contribution >= 0.6 is 0 Å². The molecule has 1 saturated carbocycles. The smallest absolute Gasteiger partial charge is 0.331 e. The van der Waals surface area contributed by atoms with Crippen molar-refractivity contribution in [3.05, 3.63) is 23.8 Å². The van der Waals surface area contributed by atoms with Gasteiger partial charge in [0.1, 0.15) is 6.10 Å². The molecule has 0 aromatic carbocycles. The highest BCUT2D eigenvalue weighted by Crippen LogP contribution is 2.53. The summed E-state index contributed by atoms with van der Waals surface area (Å²) in [5.74, 6) is -1.33. The monoisotopic (exact) mass is 266 g/mol. The Bertz CT molecular complexity index is 439. The number of carboxylic acid groups (broad SMARTS) is 1. The van der Waals surface area contributed by atoms with Crippen molar-refractivity contribution < 1.29 is 20.1 Å². The fourth-order valence-corrected chi connectivity index (χ4v) is 3.57. The highest BCUT2D eigenvalue weighted by molar-refractivity contribution is 5.86. The normalized spacial score (nSPS) is 42.2. The van der Waals surface area contributed by atoms with E-state index in [0.717, 1.165) is 18.4 Å². The van der Waals surface area contributed by atoms with E-state index in [1.54, 1.807) is 0 Å². The molecule has 1 fully saturated rings. The van der Waals surface area contributed by atoms with Crippen molar-refractivity contribution >= 4 is 5.97 Å². The second-order valence-corrected chi connectivity index (χ2v) is 6.13. The van der Waals surface area contributed by atoms with Gasteiger partial charge in [-0.15, -0.1) is 0 Å². The number of carbonyl (C=O) groups is 1. The van der Waals surface area contributed by atoms with Crippen LogP contribution in [-0.4, -0.2) is 33.5 Å². The quantitative estimate of drug-likeness (QED) is 0.525. The van der Waals surface area contributed by atoms with E-state index >= 15 is 0 Å². The second-order valence-electron chi connectivity index (χ2n) is 6.13. The lowest BCUT2D eigenvalue weighted by atomic mass is 9.56. The molecule has 106 valence electrons. The molecule has 0 amide bonds. The first-order valence-electron chi connectivity index (χ1n) is 6.77. The predicted molar refractivity (Wildman–Crippen MR) is 71.5 cm³/mol. The minimum Gasteiger partial charge on any atom is -0.478 e. The van der Waals surface area contributed by atoms with Crippen LogP contribution in [0.5, 0.6) is 0 Å². The zero-order valence-corrected chi connectivity index (χ0v) is 11.5. The molecule has 0 heterocycles. The standard InChI is InChI=1S/C15H22O4/c1-8-5-4-6-11-13(17)12(16)10(7-15(8,11)3)9(2)14(18)19/h6,8,10,12-13,16-17H,2,4-5,7H2,1,3H3,(H,18,19). The van der Waals surface area contributed by atoms with Gasteiger partial charge in [-0.3, -0.25) is 0 Å². The Morgan fingerprint density at radius 3 is 2.68 bits per heavy atom. The summed E-state index contributed by atoms with van der Waals surface area (Å²) in [6, 6.07) is 0. The molecule has 3 N–H and O–H groups in total. The Hall–Kier alpha value is -1.13. The molecular weight excluding hydrogens is 244 g/mol. The van der Waals surface area contributed by atoms with Crippen LogP contribution < -0.4 is 0 Å². The van der Waals surface area contributed by atoms with Gasteiger partial charge in [-0.25, -0.2) is 4.79 Å².